The predicted octanol–water partition coefficient (Wildman–Crippen LogP) is 2.79. The van der Waals surface area contributed by atoms with Crippen LogP contribution in [0.25, 0.3) is 0 Å². The average molecular weight is 266 g/mol. The number of aromatic nitrogens is 2. The van der Waals surface area contributed by atoms with Crippen LogP contribution in [0.2, 0.25) is 0 Å². The summed E-state index contributed by atoms with van der Waals surface area (Å²) in [6.45, 7) is 0.796. The molecule has 0 aliphatic carbocycles. The maximum atomic E-state index is 4.11. The van der Waals surface area contributed by atoms with Gasteiger partial charge < -0.3 is 5.32 Å². The highest BCUT2D eigenvalue weighted by molar-refractivity contribution is 9.10. The van der Waals surface area contributed by atoms with E-state index in [2.05, 4.69) is 32.4 Å². The maximum Gasteiger partial charge on any atom is 0.0539 e. The van der Waals surface area contributed by atoms with Crippen molar-refractivity contribution in [2.75, 3.05) is 5.32 Å². The van der Waals surface area contributed by atoms with Gasteiger partial charge in [-0.05, 0) is 18.2 Å². The van der Waals surface area contributed by atoms with E-state index < -0.39 is 0 Å². The zero-order chi connectivity index (χ0) is 10.7. The van der Waals surface area contributed by atoms with Crippen LogP contribution in [0.4, 0.5) is 5.69 Å². The fraction of sp³-hybridized carbons (Fsp3) is 0.182. The molecule has 0 spiro atoms. The average Bonchev–Trinajstić information content (AvgIpc) is 2.62. The van der Waals surface area contributed by atoms with Crippen molar-refractivity contribution in [2.45, 2.75) is 6.54 Å². The maximum absolute atomic E-state index is 4.11. The number of aryl methyl sites for hydroxylation is 1. The fourth-order valence-electron chi connectivity index (χ4n) is 1.37. The number of rotatable bonds is 3. The highest BCUT2D eigenvalue weighted by atomic mass is 79.9. The molecule has 0 bridgehead atoms. The molecule has 15 heavy (non-hydrogen) atoms. The third kappa shape index (κ3) is 2.83. The van der Waals surface area contributed by atoms with Gasteiger partial charge in [-0.2, -0.15) is 5.10 Å². The summed E-state index contributed by atoms with van der Waals surface area (Å²) in [5.41, 5.74) is 2.28. The van der Waals surface area contributed by atoms with E-state index >= 15 is 0 Å². The lowest BCUT2D eigenvalue weighted by molar-refractivity contribution is 0.767. The topological polar surface area (TPSA) is 29.9 Å². The molecule has 2 rings (SSSR count). The van der Waals surface area contributed by atoms with Crippen molar-refractivity contribution in [3.63, 3.8) is 0 Å². The molecule has 1 heterocycles. The van der Waals surface area contributed by atoms with Crippen LogP contribution in [-0.4, -0.2) is 9.78 Å². The van der Waals surface area contributed by atoms with Gasteiger partial charge in [0.2, 0.25) is 0 Å². The van der Waals surface area contributed by atoms with Crippen molar-refractivity contribution < 1.29 is 0 Å². The molecule has 1 aromatic heterocycles. The number of anilines is 1. The van der Waals surface area contributed by atoms with Crippen molar-refractivity contribution >= 4 is 21.6 Å². The number of hydrogen-bond donors (Lipinski definition) is 1. The lowest BCUT2D eigenvalue weighted by atomic mass is 10.3. The Labute approximate surface area is 97.2 Å². The normalized spacial score (nSPS) is 10.3. The molecule has 0 amide bonds. The van der Waals surface area contributed by atoms with Crippen molar-refractivity contribution in [3.8, 4) is 0 Å². The molecule has 2 aromatic rings. The first-order chi connectivity index (χ1) is 7.24. The molecule has 1 N–H and O–H groups in total. The van der Waals surface area contributed by atoms with Gasteiger partial charge in [-0.15, -0.1) is 0 Å². The van der Waals surface area contributed by atoms with Crippen LogP contribution < -0.4 is 5.32 Å². The van der Waals surface area contributed by atoms with Crippen molar-refractivity contribution in [1.29, 1.82) is 0 Å². The Balaban J connectivity index is 1.99. The zero-order valence-corrected chi connectivity index (χ0v) is 10.0. The summed E-state index contributed by atoms with van der Waals surface area (Å²) >= 11 is 3.44. The van der Waals surface area contributed by atoms with Gasteiger partial charge in [0.1, 0.15) is 0 Å². The molecular weight excluding hydrogens is 254 g/mol. The fourth-order valence-corrected chi connectivity index (χ4v) is 1.76. The summed E-state index contributed by atoms with van der Waals surface area (Å²) in [6, 6.07) is 8.11. The number of benzene rings is 1. The second kappa shape index (κ2) is 4.49. The van der Waals surface area contributed by atoms with Gasteiger partial charge in [0.15, 0.2) is 0 Å². The minimum Gasteiger partial charge on any atom is -0.381 e. The number of nitrogens with zero attached hydrogens (tertiary/aromatic N) is 2. The molecule has 78 valence electrons. The molecule has 4 heteroatoms. The van der Waals surface area contributed by atoms with Crippen LogP contribution >= 0.6 is 15.9 Å². The monoisotopic (exact) mass is 265 g/mol. The number of hydrogen-bond acceptors (Lipinski definition) is 2. The Morgan fingerprint density at radius 3 is 3.00 bits per heavy atom. The van der Waals surface area contributed by atoms with Crippen LogP contribution in [0.3, 0.4) is 0 Å². The van der Waals surface area contributed by atoms with Crippen molar-refractivity contribution in [2.24, 2.45) is 7.05 Å². The van der Waals surface area contributed by atoms with Gasteiger partial charge >= 0.3 is 0 Å². The van der Waals surface area contributed by atoms with Crippen LogP contribution in [-0.2, 0) is 13.6 Å². The standard InChI is InChI=1S/C11H12BrN3/c1-15-8-9(7-14-15)6-13-11-4-2-3-10(12)5-11/h2-5,7-8,13H,6H2,1H3. The summed E-state index contributed by atoms with van der Waals surface area (Å²) in [5.74, 6) is 0. The molecular formula is C11H12BrN3. The van der Waals surface area contributed by atoms with E-state index in [0.717, 1.165) is 16.7 Å². The molecule has 0 fully saturated rings. The Hall–Kier alpha value is -1.29. The smallest absolute Gasteiger partial charge is 0.0539 e. The molecule has 3 nitrogen and oxygen atoms in total. The first-order valence-electron chi connectivity index (χ1n) is 4.71. The first kappa shape index (κ1) is 10.2. The predicted molar refractivity (Wildman–Crippen MR) is 64.7 cm³/mol. The van der Waals surface area contributed by atoms with Gasteiger partial charge in [-0.1, -0.05) is 22.0 Å². The highest BCUT2D eigenvalue weighted by Crippen LogP contribution is 2.16. The van der Waals surface area contributed by atoms with E-state index in [9.17, 15) is 0 Å². The molecule has 0 unspecified atom stereocenters. The lowest BCUT2D eigenvalue weighted by Gasteiger charge is -2.04. The second-order valence-electron chi connectivity index (χ2n) is 3.39. The van der Waals surface area contributed by atoms with Crippen LogP contribution in [0.1, 0.15) is 5.56 Å². The third-order valence-corrected chi connectivity index (χ3v) is 2.57. The summed E-state index contributed by atoms with van der Waals surface area (Å²) in [4.78, 5) is 0. The number of halogens is 1. The largest absolute Gasteiger partial charge is 0.381 e. The molecule has 1 aromatic carbocycles. The van der Waals surface area contributed by atoms with Crippen LogP contribution in [0, 0.1) is 0 Å². The Morgan fingerprint density at radius 2 is 2.33 bits per heavy atom. The SMILES string of the molecule is Cn1cc(CNc2cccc(Br)c2)cn1. The van der Waals surface area contributed by atoms with Gasteiger partial charge in [0.25, 0.3) is 0 Å². The highest BCUT2D eigenvalue weighted by Gasteiger charge is 1.96. The zero-order valence-electron chi connectivity index (χ0n) is 8.44. The quantitative estimate of drug-likeness (QED) is 0.925. The van der Waals surface area contributed by atoms with E-state index in [1.165, 1.54) is 5.56 Å². The van der Waals surface area contributed by atoms with Gasteiger partial charge in [0.05, 0.1) is 6.20 Å². The minimum atomic E-state index is 0.796. The molecule has 0 aliphatic heterocycles. The van der Waals surface area contributed by atoms with E-state index in [-0.39, 0.29) is 0 Å². The van der Waals surface area contributed by atoms with Gasteiger partial charge in [-0.25, -0.2) is 0 Å². The summed E-state index contributed by atoms with van der Waals surface area (Å²) in [7, 11) is 1.92. The summed E-state index contributed by atoms with van der Waals surface area (Å²) < 4.78 is 2.89. The van der Waals surface area contributed by atoms with Crippen LogP contribution in [0.15, 0.2) is 41.1 Å². The second-order valence-corrected chi connectivity index (χ2v) is 4.30. The van der Waals surface area contributed by atoms with E-state index in [1.54, 1.807) is 4.68 Å². The molecule has 0 atom stereocenters. The Kier molecular flexibility index (Phi) is 3.06. The summed E-state index contributed by atoms with van der Waals surface area (Å²) in [5, 5.41) is 7.45. The first-order valence-corrected chi connectivity index (χ1v) is 5.50. The van der Waals surface area contributed by atoms with E-state index in [1.807, 2.05) is 37.6 Å². The molecule has 0 aliphatic rings. The van der Waals surface area contributed by atoms with Gasteiger partial charge in [0, 0.05) is 35.5 Å². The molecule has 0 saturated carbocycles. The van der Waals surface area contributed by atoms with Crippen LogP contribution in [0.5, 0.6) is 0 Å². The Bertz CT molecular complexity index is 451. The minimum absolute atomic E-state index is 0.796. The molecule has 0 saturated heterocycles. The molecule has 0 radical (unpaired) electrons. The van der Waals surface area contributed by atoms with E-state index in [4.69, 9.17) is 0 Å². The van der Waals surface area contributed by atoms with Crippen molar-refractivity contribution in [3.05, 3.63) is 46.7 Å². The summed E-state index contributed by atoms with van der Waals surface area (Å²) in [6.07, 6.45) is 3.87. The lowest BCUT2D eigenvalue weighted by Crippen LogP contribution is -1.97. The van der Waals surface area contributed by atoms with Crippen molar-refractivity contribution in [1.82, 2.24) is 9.78 Å². The van der Waals surface area contributed by atoms with E-state index in [0.29, 0.717) is 0 Å². The number of nitrogens with one attached hydrogen (secondary N) is 1. The third-order valence-electron chi connectivity index (χ3n) is 2.08. The van der Waals surface area contributed by atoms with Gasteiger partial charge in [-0.3, -0.25) is 4.68 Å². The Morgan fingerprint density at radius 1 is 1.47 bits per heavy atom.